The number of urea groups is 1. The summed E-state index contributed by atoms with van der Waals surface area (Å²) < 4.78 is 5.78. The van der Waals surface area contributed by atoms with Crippen molar-refractivity contribution in [2.24, 2.45) is 0 Å². The summed E-state index contributed by atoms with van der Waals surface area (Å²) in [4.78, 5) is 16.8. The van der Waals surface area contributed by atoms with Crippen LogP contribution < -0.4 is 15.5 Å². The van der Waals surface area contributed by atoms with Gasteiger partial charge in [-0.05, 0) is 71.1 Å². The van der Waals surface area contributed by atoms with E-state index in [2.05, 4.69) is 53.5 Å². The van der Waals surface area contributed by atoms with E-state index in [0.717, 1.165) is 44.7 Å². The number of nitrogens with zero attached hydrogens (tertiary/aromatic N) is 2. The van der Waals surface area contributed by atoms with Crippen molar-refractivity contribution in [2.75, 3.05) is 43.4 Å². The van der Waals surface area contributed by atoms with E-state index in [-0.39, 0.29) is 24.3 Å². The van der Waals surface area contributed by atoms with Gasteiger partial charge in [-0.15, -0.1) is 0 Å². The largest absolute Gasteiger partial charge is 0.372 e. The van der Waals surface area contributed by atoms with Gasteiger partial charge in [0.05, 0.1) is 12.2 Å². The highest BCUT2D eigenvalue weighted by molar-refractivity contribution is 5.89. The SMILES string of the molecule is C[C@@H]1CN(c2ccc(NC(=O)NC3CCN(C)CC3)cc2)C[C@@H](C)O1. The van der Waals surface area contributed by atoms with E-state index in [0.29, 0.717) is 0 Å². The van der Waals surface area contributed by atoms with E-state index in [1.54, 1.807) is 0 Å². The van der Waals surface area contributed by atoms with Crippen LogP contribution in [-0.2, 0) is 4.74 Å². The first-order valence-corrected chi connectivity index (χ1v) is 9.26. The molecule has 2 atom stereocenters. The number of hydrogen-bond acceptors (Lipinski definition) is 4. The van der Waals surface area contributed by atoms with Gasteiger partial charge in [-0.25, -0.2) is 4.79 Å². The van der Waals surface area contributed by atoms with E-state index in [1.807, 2.05) is 12.1 Å². The van der Waals surface area contributed by atoms with Crippen LogP contribution in [0.1, 0.15) is 26.7 Å². The second kappa shape index (κ2) is 8.06. The first-order chi connectivity index (χ1) is 12.0. The van der Waals surface area contributed by atoms with Gasteiger partial charge >= 0.3 is 6.03 Å². The molecule has 2 fully saturated rings. The molecule has 0 unspecified atom stereocenters. The lowest BCUT2D eigenvalue weighted by Crippen LogP contribution is -2.45. The molecule has 2 saturated heterocycles. The summed E-state index contributed by atoms with van der Waals surface area (Å²) >= 11 is 0. The van der Waals surface area contributed by atoms with Crippen molar-refractivity contribution >= 4 is 17.4 Å². The zero-order valence-electron chi connectivity index (χ0n) is 15.5. The van der Waals surface area contributed by atoms with Crippen molar-refractivity contribution in [1.29, 1.82) is 0 Å². The Balaban J connectivity index is 1.51. The normalized spacial score (nSPS) is 25.6. The topological polar surface area (TPSA) is 56.8 Å². The Morgan fingerprint density at radius 1 is 1.08 bits per heavy atom. The Labute approximate surface area is 150 Å². The molecule has 2 heterocycles. The molecule has 0 aromatic heterocycles. The maximum atomic E-state index is 12.2. The van der Waals surface area contributed by atoms with Crippen LogP contribution in [0.4, 0.5) is 16.2 Å². The van der Waals surface area contributed by atoms with Crippen molar-refractivity contribution in [3.8, 4) is 0 Å². The molecular formula is C19H30N4O2. The third kappa shape index (κ3) is 5.09. The smallest absolute Gasteiger partial charge is 0.319 e. The quantitative estimate of drug-likeness (QED) is 0.883. The summed E-state index contributed by atoms with van der Waals surface area (Å²) in [6.07, 6.45) is 2.50. The fourth-order valence-electron chi connectivity index (χ4n) is 3.65. The predicted molar refractivity (Wildman–Crippen MR) is 101 cm³/mol. The molecule has 3 rings (SSSR count). The van der Waals surface area contributed by atoms with Crippen molar-refractivity contribution in [1.82, 2.24) is 10.2 Å². The molecule has 2 aliphatic rings. The lowest BCUT2D eigenvalue weighted by molar-refractivity contribution is -0.00521. The molecule has 6 nitrogen and oxygen atoms in total. The van der Waals surface area contributed by atoms with Crippen LogP contribution >= 0.6 is 0 Å². The first-order valence-electron chi connectivity index (χ1n) is 9.26. The molecule has 2 aliphatic heterocycles. The van der Waals surface area contributed by atoms with Gasteiger partial charge in [0.2, 0.25) is 0 Å². The molecule has 1 aromatic carbocycles. The van der Waals surface area contributed by atoms with Crippen molar-refractivity contribution in [3.63, 3.8) is 0 Å². The number of nitrogens with one attached hydrogen (secondary N) is 2. The number of likely N-dealkylation sites (tertiary alicyclic amines) is 1. The van der Waals surface area contributed by atoms with Gasteiger partial charge in [0.1, 0.15) is 0 Å². The number of ether oxygens (including phenoxy) is 1. The Morgan fingerprint density at radius 2 is 1.68 bits per heavy atom. The molecule has 25 heavy (non-hydrogen) atoms. The number of morpholine rings is 1. The second-order valence-electron chi connectivity index (χ2n) is 7.39. The Kier molecular flexibility index (Phi) is 5.81. The fraction of sp³-hybridized carbons (Fsp3) is 0.632. The molecule has 2 N–H and O–H groups in total. The van der Waals surface area contributed by atoms with Gasteiger partial charge in [0, 0.05) is 30.5 Å². The van der Waals surface area contributed by atoms with Crippen LogP contribution in [0.2, 0.25) is 0 Å². The monoisotopic (exact) mass is 346 g/mol. The summed E-state index contributed by atoms with van der Waals surface area (Å²) in [5, 5.41) is 6.02. The van der Waals surface area contributed by atoms with E-state index in [1.165, 1.54) is 5.69 Å². The van der Waals surface area contributed by atoms with Gasteiger partial charge in [-0.1, -0.05) is 0 Å². The third-order valence-corrected chi connectivity index (χ3v) is 4.96. The van der Waals surface area contributed by atoms with Gasteiger partial charge in [0.25, 0.3) is 0 Å². The highest BCUT2D eigenvalue weighted by Gasteiger charge is 2.22. The highest BCUT2D eigenvalue weighted by atomic mass is 16.5. The minimum atomic E-state index is -0.115. The lowest BCUT2D eigenvalue weighted by Gasteiger charge is -2.36. The van der Waals surface area contributed by atoms with Crippen LogP contribution in [0.25, 0.3) is 0 Å². The van der Waals surface area contributed by atoms with E-state index in [4.69, 9.17) is 4.74 Å². The zero-order valence-corrected chi connectivity index (χ0v) is 15.5. The van der Waals surface area contributed by atoms with Crippen molar-refractivity contribution < 1.29 is 9.53 Å². The summed E-state index contributed by atoms with van der Waals surface area (Å²) in [5.41, 5.74) is 1.99. The Morgan fingerprint density at radius 3 is 2.28 bits per heavy atom. The average Bonchev–Trinajstić information content (AvgIpc) is 2.57. The number of hydrogen-bond donors (Lipinski definition) is 2. The molecule has 0 aliphatic carbocycles. The molecule has 138 valence electrons. The van der Waals surface area contributed by atoms with Gasteiger partial charge in [-0.2, -0.15) is 0 Å². The maximum Gasteiger partial charge on any atom is 0.319 e. The molecule has 1 aromatic rings. The molecule has 0 radical (unpaired) electrons. The molecular weight excluding hydrogens is 316 g/mol. The molecule has 0 bridgehead atoms. The van der Waals surface area contributed by atoms with Crippen LogP contribution in [-0.4, -0.2) is 62.4 Å². The minimum Gasteiger partial charge on any atom is -0.372 e. The summed E-state index contributed by atoms with van der Waals surface area (Å²) in [5.74, 6) is 0. The number of carbonyl (C=O) groups is 1. The second-order valence-corrected chi connectivity index (χ2v) is 7.39. The number of amides is 2. The highest BCUT2D eigenvalue weighted by Crippen LogP contribution is 2.22. The number of anilines is 2. The molecule has 6 heteroatoms. The standard InChI is InChI=1S/C19H30N4O2/c1-14-12-23(13-15(2)25-14)18-6-4-16(5-7-18)20-19(24)21-17-8-10-22(3)11-9-17/h4-7,14-15,17H,8-13H2,1-3H3,(H2,20,21,24)/t14-,15-/m1/s1. The van der Waals surface area contributed by atoms with Crippen LogP contribution in [0, 0.1) is 0 Å². The Hall–Kier alpha value is -1.79. The number of carbonyl (C=O) groups excluding carboxylic acids is 1. The molecule has 0 saturated carbocycles. The van der Waals surface area contributed by atoms with E-state index in [9.17, 15) is 4.79 Å². The van der Waals surface area contributed by atoms with Crippen LogP contribution in [0.15, 0.2) is 24.3 Å². The molecule has 2 amide bonds. The number of piperidine rings is 1. The van der Waals surface area contributed by atoms with Gasteiger partial charge in [-0.3, -0.25) is 0 Å². The van der Waals surface area contributed by atoms with Crippen LogP contribution in [0.3, 0.4) is 0 Å². The van der Waals surface area contributed by atoms with E-state index >= 15 is 0 Å². The molecule has 0 spiro atoms. The fourth-order valence-corrected chi connectivity index (χ4v) is 3.65. The number of rotatable bonds is 3. The van der Waals surface area contributed by atoms with Crippen LogP contribution in [0.5, 0.6) is 0 Å². The van der Waals surface area contributed by atoms with Gasteiger partial charge < -0.3 is 25.2 Å². The Bertz CT molecular complexity index is 559. The zero-order chi connectivity index (χ0) is 17.8. The summed E-state index contributed by atoms with van der Waals surface area (Å²) in [6.45, 7) is 8.07. The predicted octanol–water partition coefficient (Wildman–Crippen LogP) is 2.52. The first kappa shape index (κ1) is 18.0. The van der Waals surface area contributed by atoms with Gasteiger partial charge in [0.15, 0.2) is 0 Å². The maximum absolute atomic E-state index is 12.2. The average molecular weight is 346 g/mol. The van der Waals surface area contributed by atoms with E-state index < -0.39 is 0 Å². The third-order valence-electron chi connectivity index (χ3n) is 4.96. The summed E-state index contributed by atoms with van der Waals surface area (Å²) in [6, 6.07) is 8.22. The van der Waals surface area contributed by atoms with Crippen molar-refractivity contribution in [3.05, 3.63) is 24.3 Å². The minimum absolute atomic E-state index is 0.115. The lowest BCUT2D eigenvalue weighted by atomic mass is 10.1. The summed E-state index contributed by atoms with van der Waals surface area (Å²) in [7, 11) is 2.12. The number of benzene rings is 1. The van der Waals surface area contributed by atoms with Crippen molar-refractivity contribution in [2.45, 2.75) is 44.9 Å².